The molecule has 2 amide bonds. The Kier molecular flexibility index (Phi) is 23.6. The van der Waals surface area contributed by atoms with Crippen LogP contribution in [0.2, 0.25) is 0 Å². The Morgan fingerprint density at radius 3 is 1.60 bits per heavy atom. The Bertz CT molecular complexity index is 2640. The molecule has 7 rings (SSSR count). The molecule has 0 radical (unpaired) electrons. The number of nitrogens with zero attached hydrogens (tertiary/aromatic N) is 2. The van der Waals surface area contributed by atoms with Crippen molar-refractivity contribution in [2.24, 2.45) is 17.4 Å². The number of aromatic nitrogens is 4. The van der Waals surface area contributed by atoms with Gasteiger partial charge in [0.1, 0.15) is 11.6 Å². The maximum atomic E-state index is 13.3. The quantitative estimate of drug-likeness (QED) is 0.0305. The topological polar surface area (TPSA) is 237 Å². The minimum absolute atomic E-state index is 0. The van der Waals surface area contributed by atoms with E-state index in [0.29, 0.717) is 31.7 Å². The minimum atomic E-state index is -0.294. The number of carbonyl (C=O) groups is 3. The fourth-order valence-electron chi connectivity index (χ4n) is 7.16. The smallest absolute Gasteiger partial charge is 0.287 e. The van der Waals surface area contributed by atoms with Crippen LogP contribution in [-0.2, 0) is 0 Å². The number of aliphatic hydroxyl groups is 2. The number of H-pyrrole nitrogens is 2. The number of nitrogens with one attached hydrogen (secondary N) is 5. The van der Waals surface area contributed by atoms with Crippen molar-refractivity contribution in [3.8, 4) is 22.3 Å². The molecule has 0 unspecified atom stereocenters. The molecular formula is C51H64ClF2N9O5. The Morgan fingerprint density at radius 2 is 1.13 bits per heavy atom. The molecule has 0 aliphatic rings. The second-order valence-corrected chi connectivity index (χ2v) is 15.9. The van der Waals surface area contributed by atoms with E-state index in [1.807, 2.05) is 68.4 Å². The van der Waals surface area contributed by atoms with Gasteiger partial charge in [0, 0.05) is 38.9 Å². The highest BCUT2D eigenvalue weighted by Gasteiger charge is 2.17. The van der Waals surface area contributed by atoms with Gasteiger partial charge in [-0.15, -0.1) is 12.4 Å². The molecule has 11 N–H and O–H groups in total. The standard InChI is InChI=1S/C29H31FN4O2.C20H24FN5O.2CH4O.ClH/c1-19(7-6-14-31-18-26(35)22-8-4-3-5-9-22)17-32-29(36)28-33-25-16-23(15-20(2)27(25)34-28)21-10-12-24(30)13-11-21;1-12-9-14(13-4-6-15(21)7-5-13)10-17-18(12)26-19(25-17)20(27)24-11-16(23)3-2-8-22;2*1-2;/h3-5,8-13,15-16,19,31H,6-7,14,17-18H2,1-2H3,(H,32,36)(H,33,34);4-7,9-10,16H,2-3,8,11,22-23H2,1H3,(H,24,27)(H,25,26);2*2H,1H3;1H/t19-;16-;;;/m00.../s1. The van der Waals surface area contributed by atoms with E-state index >= 15 is 0 Å². The summed E-state index contributed by atoms with van der Waals surface area (Å²) in [6.45, 7) is 8.53. The third kappa shape index (κ3) is 16.4. The average molecular weight is 957 g/mol. The van der Waals surface area contributed by atoms with Gasteiger partial charge in [-0.25, -0.2) is 18.7 Å². The number of hydrogen-bond donors (Lipinski definition) is 9. The Morgan fingerprint density at radius 1 is 0.662 bits per heavy atom. The largest absolute Gasteiger partial charge is 0.400 e. The molecule has 0 spiro atoms. The number of carbonyl (C=O) groups excluding carboxylic acids is 3. The molecule has 0 saturated carbocycles. The second-order valence-electron chi connectivity index (χ2n) is 15.9. The monoisotopic (exact) mass is 955 g/mol. The lowest BCUT2D eigenvalue weighted by atomic mass is 10.0. The first-order chi connectivity index (χ1) is 32.4. The molecule has 14 nitrogen and oxygen atoms in total. The van der Waals surface area contributed by atoms with Crippen LogP contribution in [-0.4, -0.2) is 101 Å². The Hall–Kier alpha value is -6.40. The molecular weight excluding hydrogens is 892 g/mol. The molecule has 68 heavy (non-hydrogen) atoms. The van der Waals surface area contributed by atoms with E-state index in [2.05, 4.69) is 42.8 Å². The van der Waals surface area contributed by atoms with E-state index in [0.717, 1.165) is 102 Å². The highest BCUT2D eigenvalue weighted by Crippen LogP contribution is 2.28. The summed E-state index contributed by atoms with van der Waals surface area (Å²) < 4.78 is 26.4. The maximum Gasteiger partial charge on any atom is 0.287 e. The van der Waals surface area contributed by atoms with Gasteiger partial charge in [0.15, 0.2) is 17.4 Å². The van der Waals surface area contributed by atoms with Gasteiger partial charge in [0.2, 0.25) is 0 Å². The Balaban J connectivity index is 0.000000342. The number of Topliss-reactive ketones (excluding diaryl/α,β-unsaturated/α-hetero) is 1. The number of aliphatic hydroxyl groups excluding tert-OH is 2. The molecule has 0 bridgehead atoms. The fourth-order valence-corrected chi connectivity index (χ4v) is 7.16. The van der Waals surface area contributed by atoms with Crippen molar-refractivity contribution in [2.45, 2.75) is 52.5 Å². The lowest BCUT2D eigenvalue weighted by Crippen LogP contribution is -2.37. The number of aryl methyl sites for hydroxylation is 2. The number of amides is 2. The van der Waals surface area contributed by atoms with E-state index in [9.17, 15) is 23.2 Å². The molecule has 0 aliphatic heterocycles. The van der Waals surface area contributed by atoms with Crippen molar-refractivity contribution in [3.63, 3.8) is 0 Å². The molecule has 364 valence electrons. The van der Waals surface area contributed by atoms with E-state index in [4.69, 9.17) is 21.7 Å². The predicted octanol–water partition coefficient (Wildman–Crippen LogP) is 7.41. The van der Waals surface area contributed by atoms with Crippen molar-refractivity contribution in [3.05, 3.63) is 143 Å². The number of rotatable bonds is 18. The summed E-state index contributed by atoms with van der Waals surface area (Å²) >= 11 is 0. The molecule has 2 atom stereocenters. The fraction of sp³-hybridized carbons (Fsp3) is 0.314. The van der Waals surface area contributed by atoms with Crippen LogP contribution in [0.15, 0.2) is 103 Å². The lowest BCUT2D eigenvalue weighted by molar-refractivity contribution is 0.0932. The van der Waals surface area contributed by atoms with Gasteiger partial charge in [-0.1, -0.05) is 61.5 Å². The number of hydrogen-bond acceptors (Lipinski definition) is 10. The van der Waals surface area contributed by atoms with Crippen LogP contribution in [0, 0.1) is 31.4 Å². The lowest BCUT2D eigenvalue weighted by Gasteiger charge is -2.12. The number of nitrogens with two attached hydrogens (primary N) is 2. The van der Waals surface area contributed by atoms with Gasteiger partial charge in [0.05, 0.1) is 28.6 Å². The first-order valence-electron chi connectivity index (χ1n) is 22.1. The van der Waals surface area contributed by atoms with Crippen LogP contribution in [0.3, 0.4) is 0 Å². The predicted molar refractivity (Wildman–Crippen MR) is 269 cm³/mol. The summed E-state index contributed by atoms with van der Waals surface area (Å²) in [4.78, 5) is 52.3. The van der Waals surface area contributed by atoms with Crippen LogP contribution in [0.5, 0.6) is 0 Å². The zero-order valence-electron chi connectivity index (χ0n) is 39.2. The summed E-state index contributed by atoms with van der Waals surface area (Å²) in [7, 11) is 2.00. The molecule has 2 heterocycles. The van der Waals surface area contributed by atoms with Crippen molar-refractivity contribution in [1.29, 1.82) is 0 Å². The first kappa shape index (κ1) is 55.9. The molecule has 0 saturated heterocycles. The number of halogens is 3. The second kappa shape index (κ2) is 28.7. The van der Waals surface area contributed by atoms with Crippen LogP contribution in [0.25, 0.3) is 44.3 Å². The van der Waals surface area contributed by atoms with Crippen molar-refractivity contribution in [1.82, 2.24) is 35.9 Å². The van der Waals surface area contributed by atoms with Gasteiger partial charge in [-0.2, -0.15) is 0 Å². The number of fused-ring (bicyclic) bond motifs is 2. The van der Waals surface area contributed by atoms with Crippen molar-refractivity contribution in [2.75, 3.05) is 46.9 Å². The number of ketones is 1. The number of aromatic amines is 2. The van der Waals surface area contributed by atoms with Crippen molar-refractivity contribution >= 4 is 52.1 Å². The van der Waals surface area contributed by atoms with Crippen LogP contribution in [0.4, 0.5) is 8.78 Å². The summed E-state index contributed by atoms with van der Waals surface area (Å²) in [5, 5.41) is 23.0. The molecule has 17 heteroatoms. The number of imidazole rings is 2. The molecule has 0 fully saturated rings. The van der Waals surface area contributed by atoms with Gasteiger partial charge >= 0.3 is 0 Å². The molecule has 7 aromatic rings. The van der Waals surface area contributed by atoms with Crippen LogP contribution in [0.1, 0.15) is 75.3 Å². The number of benzene rings is 5. The summed E-state index contributed by atoms with van der Waals surface area (Å²) in [6, 6.07) is 29.6. The van der Waals surface area contributed by atoms with E-state index in [1.54, 1.807) is 24.3 Å². The average Bonchev–Trinajstić information content (AvgIpc) is 4.00. The summed E-state index contributed by atoms with van der Waals surface area (Å²) in [6.07, 6.45) is 3.42. The van der Waals surface area contributed by atoms with E-state index in [1.165, 1.54) is 24.3 Å². The summed E-state index contributed by atoms with van der Waals surface area (Å²) in [5.74, 6) is -0.196. The normalized spacial score (nSPS) is 11.4. The van der Waals surface area contributed by atoms with Gasteiger partial charge in [0.25, 0.3) is 11.8 Å². The van der Waals surface area contributed by atoms with E-state index in [-0.39, 0.29) is 65.2 Å². The van der Waals surface area contributed by atoms with Crippen LogP contribution >= 0.6 is 12.4 Å². The molecule has 0 aliphatic carbocycles. The van der Waals surface area contributed by atoms with Gasteiger partial charge in [-0.05, 0) is 140 Å². The third-order valence-corrected chi connectivity index (χ3v) is 10.7. The Labute approximate surface area is 402 Å². The third-order valence-electron chi connectivity index (χ3n) is 10.7. The first-order valence-corrected chi connectivity index (χ1v) is 22.1. The van der Waals surface area contributed by atoms with Gasteiger partial charge < -0.3 is 47.6 Å². The minimum Gasteiger partial charge on any atom is -0.400 e. The molecule has 2 aromatic heterocycles. The zero-order valence-corrected chi connectivity index (χ0v) is 40.0. The van der Waals surface area contributed by atoms with Gasteiger partial charge in [-0.3, -0.25) is 14.4 Å². The maximum absolute atomic E-state index is 13.3. The zero-order chi connectivity index (χ0) is 48.9. The SMILES string of the molecule is CO.CO.Cc1cc(-c2ccc(F)cc2)cc2[nH]c(C(=O)NC[C@@H](C)CCCNCC(=O)c3ccccc3)nc12.Cc1cc(-c2ccc(F)cc2)cc2[nH]c(C(=O)NC[C@@H](N)CCCN)nc12.Cl. The van der Waals surface area contributed by atoms with Crippen molar-refractivity contribution < 1.29 is 33.4 Å². The van der Waals surface area contributed by atoms with Crippen LogP contribution < -0.4 is 27.4 Å². The summed E-state index contributed by atoms with van der Waals surface area (Å²) in [5.41, 5.74) is 20.7. The van der Waals surface area contributed by atoms with E-state index < -0.39 is 0 Å². The molecule has 5 aromatic carbocycles. The highest BCUT2D eigenvalue weighted by molar-refractivity contribution is 5.98. The highest BCUT2D eigenvalue weighted by atomic mass is 35.5.